The van der Waals surface area contributed by atoms with E-state index in [-0.39, 0.29) is 5.54 Å². The van der Waals surface area contributed by atoms with Crippen LogP contribution in [0.15, 0.2) is 24.3 Å². The van der Waals surface area contributed by atoms with Gasteiger partial charge in [-0.25, -0.2) is 0 Å². The Hall–Kier alpha value is -1.03. The van der Waals surface area contributed by atoms with Gasteiger partial charge in [-0.05, 0) is 31.4 Å². The van der Waals surface area contributed by atoms with E-state index in [1.54, 1.807) is 6.07 Å². The van der Waals surface area contributed by atoms with Crippen molar-refractivity contribution in [3.05, 3.63) is 35.4 Å². The van der Waals surface area contributed by atoms with Crippen LogP contribution < -0.4 is 5.32 Å². The van der Waals surface area contributed by atoms with Crippen molar-refractivity contribution in [2.24, 2.45) is 0 Å². The Bertz CT molecular complexity index is 381. The predicted molar refractivity (Wildman–Crippen MR) is 67.3 cm³/mol. The molecular weight excluding hydrogens is 239 g/mol. The summed E-state index contributed by atoms with van der Waals surface area (Å²) >= 11 is 0. The molecule has 0 radical (unpaired) electrons. The van der Waals surface area contributed by atoms with Gasteiger partial charge in [0.15, 0.2) is 0 Å². The molecule has 18 heavy (non-hydrogen) atoms. The third kappa shape index (κ3) is 4.02. The van der Waals surface area contributed by atoms with Crippen LogP contribution in [-0.2, 0) is 12.7 Å². The number of alkyl halides is 3. The molecule has 1 aromatic rings. The van der Waals surface area contributed by atoms with Crippen molar-refractivity contribution in [3.63, 3.8) is 0 Å². The van der Waals surface area contributed by atoms with Crippen molar-refractivity contribution in [1.29, 1.82) is 0 Å². The highest BCUT2D eigenvalue weighted by molar-refractivity contribution is 5.25. The van der Waals surface area contributed by atoms with Crippen LogP contribution in [0.25, 0.3) is 0 Å². The first-order valence-electron chi connectivity index (χ1n) is 6.22. The average molecular weight is 259 g/mol. The van der Waals surface area contributed by atoms with Gasteiger partial charge in [0.05, 0.1) is 5.56 Å². The van der Waals surface area contributed by atoms with Gasteiger partial charge in [0.2, 0.25) is 0 Å². The molecule has 0 fully saturated rings. The molecule has 1 aromatic carbocycles. The topological polar surface area (TPSA) is 12.0 Å². The fourth-order valence-corrected chi connectivity index (χ4v) is 1.67. The first kappa shape index (κ1) is 15.0. The van der Waals surface area contributed by atoms with E-state index in [9.17, 15) is 13.2 Å². The molecule has 0 bridgehead atoms. The second kappa shape index (κ2) is 5.74. The highest BCUT2D eigenvalue weighted by Gasteiger charge is 2.30. The second-order valence-electron chi connectivity index (χ2n) is 4.82. The van der Waals surface area contributed by atoms with E-state index in [0.717, 1.165) is 18.9 Å². The first-order chi connectivity index (χ1) is 8.30. The van der Waals surface area contributed by atoms with E-state index >= 15 is 0 Å². The van der Waals surface area contributed by atoms with Crippen LogP contribution in [0.4, 0.5) is 13.2 Å². The summed E-state index contributed by atoms with van der Waals surface area (Å²) in [4.78, 5) is 0. The van der Waals surface area contributed by atoms with E-state index in [1.165, 1.54) is 12.1 Å². The van der Waals surface area contributed by atoms with Crippen LogP contribution in [0, 0.1) is 0 Å². The minimum absolute atomic E-state index is 0.0196. The van der Waals surface area contributed by atoms with E-state index < -0.39 is 11.7 Å². The molecule has 1 nitrogen and oxygen atoms in total. The van der Waals surface area contributed by atoms with Crippen molar-refractivity contribution in [3.8, 4) is 0 Å². The average Bonchev–Trinajstić information content (AvgIpc) is 2.35. The first-order valence-corrected chi connectivity index (χ1v) is 6.22. The van der Waals surface area contributed by atoms with Gasteiger partial charge in [0, 0.05) is 12.1 Å². The van der Waals surface area contributed by atoms with E-state index in [2.05, 4.69) is 26.1 Å². The van der Waals surface area contributed by atoms with E-state index in [0.29, 0.717) is 12.1 Å². The quantitative estimate of drug-likeness (QED) is 0.827. The summed E-state index contributed by atoms with van der Waals surface area (Å²) in [6.45, 7) is 6.69. The number of hydrogen-bond donors (Lipinski definition) is 1. The maximum Gasteiger partial charge on any atom is 0.416 e. The Morgan fingerprint density at radius 1 is 1.11 bits per heavy atom. The summed E-state index contributed by atoms with van der Waals surface area (Å²) in [5.41, 5.74) is 0.0586. The fraction of sp³-hybridized carbons (Fsp3) is 0.571. The van der Waals surface area contributed by atoms with Crippen molar-refractivity contribution in [1.82, 2.24) is 5.32 Å². The molecule has 1 N–H and O–H groups in total. The molecule has 1 rings (SSSR count). The SMILES string of the molecule is CCC(C)(CC)NCc1cccc(C(F)(F)F)c1. The molecule has 0 atom stereocenters. The summed E-state index contributed by atoms with van der Waals surface area (Å²) in [7, 11) is 0. The number of hydrogen-bond acceptors (Lipinski definition) is 1. The van der Waals surface area contributed by atoms with Crippen LogP contribution in [0.5, 0.6) is 0 Å². The molecular formula is C14H20F3N. The Labute approximate surface area is 106 Å². The smallest absolute Gasteiger partial charge is 0.307 e. The fourth-order valence-electron chi connectivity index (χ4n) is 1.67. The van der Waals surface area contributed by atoms with Gasteiger partial charge in [-0.2, -0.15) is 13.2 Å². The number of benzene rings is 1. The van der Waals surface area contributed by atoms with Crippen molar-refractivity contribution < 1.29 is 13.2 Å². The molecule has 0 saturated carbocycles. The molecule has 0 amide bonds. The summed E-state index contributed by atoms with van der Waals surface area (Å²) in [5, 5.41) is 3.32. The molecule has 0 aliphatic heterocycles. The maximum atomic E-state index is 12.6. The lowest BCUT2D eigenvalue weighted by molar-refractivity contribution is -0.137. The van der Waals surface area contributed by atoms with Crippen molar-refractivity contribution >= 4 is 0 Å². The van der Waals surface area contributed by atoms with Crippen LogP contribution >= 0.6 is 0 Å². The molecule has 0 aromatic heterocycles. The zero-order valence-corrected chi connectivity index (χ0v) is 11.1. The van der Waals surface area contributed by atoms with Gasteiger partial charge in [-0.15, -0.1) is 0 Å². The van der Waals surface area contributed by atoms with Crippen LogP contribution in [0.3, 0.4) is 0 Å². The zero-order chi connectivity index (χ0) is 13.8. The lowest BCUT2D eigenvalue weighted by Gasteiger charge is -2.28. The van der Waals surface area contributed by atoms with E-state index in [1.807, 2.05) is 0 Å². The second-order valence-corrected chi connectivity index (χ2v) is 4.82. The van der Waals surface area contributed by atoms with Crippen LogP contribution in [-0.4, -0.2) is 5.54 Å². The Morgan fingerprint density at radius 3 is 2.22 bits per heavy atom. The van der Waals surface area contributed by atoms with Gasteiger partial charge >= 0.3 is 6.18 Å². The van der Waals surface area contributed by atoms with Crippen LogP contribution in [0.2, 0.25) is 0 Å². The summed E-state index contributed by atoms with van der Waals surface area (Å²) in [6, 6.07) is 5.48. The molecule has 0 saturated heterocycles. The lowest BCUT2D eigenvalue weighted by atomic mass is 9.95. The number of halogens is 3. The third-order valence-electron chi connectivity index (χ3n) is 3.53. The highest BCUT2D eigenvalue weighted by atomic mass is 19.4. The van der Waals surface area contributed by atoms with Gasteiger partial charge in [0.25, 0.3) is 0 Å². The molecule has 102 valence electrons. The molecule has 0 aliphatic carbocycles. The molecule has 0 spiro atoms. The van der Waals surface area contributed by atoms with Crippen molar-refractivity contribution in [2.45, 2.75) is 51.9 Å². The normalized spacial score (nSPS) is 12.8. The highest BCUT2D eigenvalue weighted by Crippen LogP contribution is 2.29. The Morgan fingerprint density at radius 2 is 1.72 bits per heavy atom. The van der Waals surface area contributed by atoms with Gasteiger partial charge < -0.3 is 5.32 Å². The number of nitrogens with one attached hydrogen (secondary N) is 1. The summed E-state index contributed by atoms with van der Waals surface area (Å²) in [6.07, 6.45) is -2.38. The third-order valence-corrected chi connectivity index (χ3v) is 3.53. The van der Waals surface area contributed by atoms with Gasteiger partial charge in [-0.3, -0.25) is 0 Å². The van der Waals surface area contributed by atoms with Gasteiger partial charge in [0.1, 0.15) is 0 Å². The molecule has 4 heteroatoms. The van der Waals surface area contributed by atoms with E-state index in [4.69, 9.17) is 0 Å². The summed E-state index contributed by atoms with van der Waals surface area (Å²) in [5.74, 6) is 0. The Balaban J connectivity index is 2.75. The monoisotopic (exact) mass is 259 g/mol. The molecule has 0 aliphatic rings. The lowest BCUT2D eigenvalue weighted by Crippen LogP contribution is -2.40. The minimum atomic E-state index is -4.27. The van der Waals surface area contributed by atoms with Gasteiger partial charge in [-0.1, -0.05) is 32.0 Å². The predicted octanol–water partition coefficient (Wildman–Crippen LogP) is 4.37. The largest absolute Gasteiger partial charge is 0.416 e. The standard InChI is InChI=1S/C14H20F3N/c1-4-13(3,5-2)18-10-11-7-6-8-12(9-11)14(15,16)17/h6-9,18H,4-5,10H2,1-3H3. The minimum Gasteiger partial charge on any atom is -0.307 e. The maximum absolute atomic E-state index is 12.6. The number of rotatable bonds is 5. The molecule has 0 heterocycles. The summed E-state index contributed by atoms with van der Waals surface area (Å²) < 4.78 is 37.7. The Kier molecular flexibility index (Phi) is 4.79. The van der Waals surface area contributed by atoms with Crippen molar-refractivity contribution in [2.75, 3.05) is 0 Å². The zero-order valence-electron chi connectivity index (χ0n) is 11.1. The molecule has 0 unspecified atom stereocenters. The van der Waals surface area contributed by atoms with Crippen LogP contribution in [0.1, 0.15) is 44.7 Å².